The van der Waals surface area contributed by atoms with E-state index in [2.05, 4.69) is 24.1 Å². The lowest BCUT2D eigenvalue weighted by molar-refractivity contribution is -0.125. The van der Waals surface area contributed by atoms with Gasteiger partial charge in [0.2, 0.25) is 5.91 Å². The number of hydrogen-bond donors (Lipinski definition) is 2. The highest BCUT2D eigenvalue weighted by molar-refractivity contribution is 5.88. The molecule has 0 unspecified atom stereocenters. The van der Waals surface area contributed by atoms with Crippen LogP contribution in [0.25, 0.3) is 0 Å². The van der Waals surface area contributed by atoms with Crippen LogP contribution in [0.5, 0.6) is 0 Å². The number of fused-ring (bicyclic) bond motifs is 2. The van der Waals surface area contributed by atoms with E-state index in [4.69, 9.17) is 0 Å². The van der Waals surface area contributed by atoms with Crippen LogP contribution in [-0.4, -0.2) is 36.6 Å². The van der Waals surface area contributed by atoms with Crippen LogP contribution in [0.1, 0.15) is 87.1 Å². The Morgan fingerprint density at radius 2 is 1.84 bits per heavy atom. The number of nitrogens with zero attached hydrogens (tertiary/aromatic N) is 1. The molecule has 5 aliphatic rings. The molecule has 174 valence electrons. The van der Waals surface area contributed by atoms with Gasteiger partial charge in [0.25, 0.3) is 0 Å². The maximum absolute atomic E-state index is 12.7. The molecular formula is C27H38N2O3. The molecule has 1 aromatic carbocycles. The first-order valence-corrected chi connectivity index (χ1v) is 12.7. The first-order valence-electron chi connectivity index (χ1n) is 12.7. The summed E-state index contributed by atoms with van der Waals surface area (Å²) in [5.74, 6) is 2.70. The average Bonchev–Trinajstić information content (AvgIpc) is 3.63. The molecule has 5 heteroatoms. The van der Waals surface area contributed by atoms with Crippen molar-refractivity contribution in [1.29, 1.82) is 0 Å². The summed E-state index contributed by atoms with van der Waals surface area (Å²) in [6.45, 7) is 7.59. The van der Waals surface area contributed by atoms with Crippen LogP contribution in [0.4, 0.5) is 5.69 Å². The van der Waals surface area contributed by atoms with Gasteiger partial charge in [0.1, 0.15) is 0 Å². The van der Waals surface area contributed by atoms with E-state index in [9.17, 15) is 14.7 Å². The Morgan fingerprint density at radius 3 is 2.47 bits per heavy atom. The predicted octanol–water partition coefficient (Wildman–Crippen LogP) is 5.06. The van der Waals surface area contributed by atoms with Gasteiger partial charge in [-0.1, -0.05) is 13.8 Å². The maximum atomic E-state index is 12.7. The molecule has 1 amide bonds. The molecule has 3 atom stereocenters. The Morgan fingerprint density at radius 1 is 1.09 bits per heavy atom. The highest BCUT2D eigenvalue weighted by Crippen LogP contribution is 2.61. The lowest BCUT2D eigenvalue weighted by Gasteiger charge is -2.60. The molecule has 1 saturated heterocycles. The molecule has 2 N–H and O–H groups in total. The van der Waals surface area contributed by atoms with Crippen LogP contribution >= 0.6 is 0 Å². The number of anilines is 1. The lowest BCUT2D eigenvalue weighted by atomic mass is 9.45. The van der Waals surface area contributed by atoms with Crippen molar-refractivity contribution in [2.75, 3.05) is 24.5 Å². The Balaban J connectivity index is 1.11. The normalized spacial score (nSPS) is 29.3. The molecule has 5 fully saturated rings. The van der Waals surface area contributed by atoms with Crippen LogP contribution in [-0.2, 0) is 4.79 Å². The van der Waals surface area contributed by atoms with Gasteiger partial charge in [-0.3, -0.25) is 4.79 Å². The summed E-state index contributed by atoms with van der Waals surface area (Å²) in [6.07, 6.45) is 8.99. The first-order chi connectivity index (χ1) is 15.3. The molecule has 4 saturated carbocycles. The van der Waals surface area contributed by atoms with Gasteiger partial charge in [-0.2, -0.15) is 0 Å². The standard InChI is InChI=1S/C27H38N2O3/c1-27(2)21-7-5-20(23(27)15-21)16-28-25(30)13-17-9-11-29(12-10-17)24-8-6-19(26(31)32)14-22(24)18-3-4-18/h6,8,14,17-18,20-21,23H,3-5,7,9-13,15-16H2,1-2H3,(H,28,30)(H,31,32)/t20-,21-,23-/m1/s1. The van der Waals surface area contributed by atoms with Crippen LogP contribution in [0, 0.1) is 29.1 Å². The molecule has 1 heterocycles. The molecule has 1 aliphatic heterocycles. The minimum absolute atomic E-state index is 0.229. The van der Waals surface area contributed by atoms with Crippen molar-refractivity contribution in [2.45, 2.75) is 71.1 Å². The van der Waals surface area contributed by atoms with Gasteiger partial charge in [-0.25, -0.2) is 4.79 Å². The second-order valence-electron chi connectivity index (χ2n) is 11.5. The van der Waals surface area contributed by atoms with E-state index in [-0.39, 0.29) is 5.91 Å². The molecule has 32 heavy (non-hydrogen) atoms. The first kappa shape index (κ1) is 21.8. The molecule has 4 aliphatic carbocycles. The fourth-order valence-electron chi connectivity index (χ4n) is 6.86. The van der Waals surface area contributed by atoms with E-state index < -0.39 is 5.97 Å². The topological polar surface area (TPSA) is 69.6 Å². The fraction of sp³-hybridized carbons (Fsp3) is 0.704. The Kier molecular flexibility index (Phi) is 5.71. The van der Waals surface area contributed by atoms with Gasteiger partial charge in [0.15, 0.2) is 0 Å². The molecular weight excluding hydrogens is 400 g/mol. The van der Waals surface area contributed by atoms with Gasteiger partial charge in [0.05, 0.1) is 5.56 Å². The van der Waals surface area contributed by atoms with Crippen LogP contribution < -0.4 is 10.2 Å². The van der Waals surface area contributed by atoms with Crippen molar-refractivity contribution in [2.24, 2.45) is 29.1 Å². The zero-order chi connectivity index (χ0) is 22.5. The van der Waals surface area contributed by atoms with Gasteiger partial charge < -0.3 is 15.3 Å². The van der Waals surface area contributed by atoms with Gasteiger partial charge in [-0.05, 0) is 104 Å². The summed E-state index contributed by atoms with van der Waals surface area (Å²) in [4.78, 5) is 26.5. The van der Waals surface area contributed by atoms with Gasteiger partial charge >= 0.3 is 5.97 Å². The fourth-order valence-corrected chi connectivity index (χ4v) is 6.86. The highest BCUT2D eigenvalue weighted by Gasteiger charge is 2.53. The molecule has 0 aromatic heterocycles. The van der Waals surface area contributed by atoms with Crippen molar-refractivity contribution >= 4 is 17.6 Å². The third kappa shape index (κ3) is 4.15. The van der Waals surface area contributed by atoms with Crippen molar-refractivity contribution in [1.82, 2.24) is 5.32 Å². The van der Waals surface area contributed by atoms with E-state index in [1.165, 1.54) is 30.5 Å². The zero-order valence-electron chi connectivity index (χ0n) is 19.6. The van der Waals surface area contributed by atoms with E-state index in [1.807, 2.05) is 12.1 Å². The van der Waals surface area contributed by atoms with Crippen molar-refractivity contribution in [3.8, 4) is 0 Å². The number of carboxylic acids is 1. The molecule has 0 radical (unpaired) electrons. The number of piperidine rings is 1. The van der Waals surface area contributed by atoms with Crippen molar-refractivity contribution in [3.05, 3.63) is 29.3 Å². The lowest BCUT2D eigenvalue weighted by Crippen LogP contribution is -2.54. The average molecular weight is 439 g/mol. The number of benzene rings is 1. The molecule has 6 rings (SSSR count). The number of amides is 1. The van der Waals surface area contributed by atoms with Crippen LogP contribution in [0.15, 0.2) is 18.2 Å². The number of carbonyl (C=O) groups is 2. The van der Waals surface area contributed by atoms with Gasteiger partial charge in [0, 0.05) is 31.7 Å². The third-order valence-corrected chi connectivity index (χ3v) is 9.28. The second kappa shape index (κ2) is 8.39. The summed E-state index contributed by atoms with van der Waals surface area (Å²) >= 11 is 0. The zero-order valence-corrected chi connectivity index (χ0v) is 19.6. The number of carboxylic acid groups (broad SMARTS) is 1. The van der Waals surface area contributed by atoms with E-state index >= 15 is 0 Å². The summed E-state index contributed by atoms with van der Waals surface area (Å²) in [7, 11) is 0. The van der Waals surface area contributed by atoms with Gasteiger partial charge in [-0.15, -0.1) is 0 Å². The van der Waals surface area contributed by atoms with Crippen molar-refractivity contribution in [3.63, 3.8) is 0 Å². The third-order valence-electron chi connectivity index (χ3n) is 9.28. The van der Waals surface area contributed by atoms with E-state index in [1.54, 1.807) is 6.07 Å². The van der Waals surface area contributed by atoms with Crippen LogP contribution in [0.2, 0.25) is 0 Å². The van der Waals surface area contributed by atoms with Crippen LogP contribution in [0.3, 0.4) is 0 Å². The highest BCUT2D eigenvalue weighted by atomic mass is 16.4. The summed E-state index contributed by atoms with van der Waals surface area (Å²) in [5.41, 5.74) is 3.28. The number of nitrogens with one attached hydrogen (secondary N) is 1. The number of aromatic carboxylic acids is 1. The largest absolute Gasteiger partial charge is 0.478 e. The minimum atomic E-state index is -0.850. The molecule has 0 spiro atoms. The molecule has 5 nitrogen and oxygen atoms in total. The predicted molar refractivity (Wildman–Crippen MR) is 126 cm³/mol. The quantitative estimate of drug-likeness (QED) is 0.624. The summed E-state index contributed by atoms with van der Waals surface area (Å²) in [6, 6.07) is 5.62. The SMILES string of the molecule is CC1(C)[C@@H]2CC[C@H](CNC(=O)CC3CCN(c4ccc(C(=O)O)cc4C4CC4)CC3)[C@H]1C2. The molecule has 1 aromatic rings. The Bertz CT molecular complexity index is 881. The summed E-state index contributed by atoms with van der Waals surface area (Å²) in [5, 5.41) is 12.6. The Hall–Kier alpha value is -2.04. The number of rotatable bonds is 7. The molecule has 2 bridgehead atoms. The minimum Gasteiger partial charge on any atom is -0.478 e. The Labute approximate surface area is 191 Å². The van der Waals surface area contributed by atoms with Crippen molar-refractivity contribution < 1.29 is 14.7 Å². The summed E-state index contributed by atoms with van der Waals surface area (Å²) < 4.78 is 0. The van der Waals surface area contributed by atoms with E-state index in [0.717, 1.165) is 57.2 Å². The number of carbonyl (C=O) groups excluding carboxylic acids is 1. The monoisotopic (exact) mass is 438 g/mol. The smallest absolute Gasteiger partial charge is 0.335 e. The second-order valence-corrected chi connectivity index (χ2v) is 11.5. The number of hydrogen-bond acceptors (Lipinski definition) is 3. The maximum Gasteiger partial charge on any atom is 0.335 e. The van der Waals surface area contributed by atoms with E-state index in [0.29, 0.717) is 35.2 Å².